The molecule has 156 valence electrons. The zero-order valence-corrected chi connectivity index (χ0v) is 17.8. The number of nitrogens with zero attached hydrogens (tertiary/aromatic N) is 2. The molecule has 28 heavy (non-hydrogen) atoms. The molecule has 1 aromatic carbocycles. The molecule has 1 saturated heterocycles. The Morgan fingerprint density at radius 2 is 1.86 bits per heavy atom. The van der Waals surface area contributed by atoms with Crippen molar-refractivity contribution < 1.29 is 4.74 Å². The first-order valence-corrected chi connectivity index (χ1v) is 11.0. The summed E-state index contributed by atoms with van der Waals surface area (Å²) in [6.07, 6.45) is 7.68. The summed E-state index contributed by atoms with van der Waals surface area (Å²) in [5, 5.41) is 7.22. The molecule has 1 aliphatic heterocycles. The van der Waals surface area contributed by atoms with Crippen LogP contribution >= 0.6 is 0 Å². The molecular formula is C23H38N4O. The van der Waals surface area contributed by atoms with E-state index >= 15 is 0 Å². The molecule has 1 aliphatic carbocycles. The monoisotopic (exact) mass is 386 g/mol. The standard InChI is InChI=1S/C23H38N4O/c1-24-22(25-18-20-10-14-27(15-11-20)16-17-28-2)26-19-23(12-6-7-13-23)21-8-4-3-5-9-21/h3-5,8-9,20H,6-7,10-19H2,1-2H3,(H2,24,25,26). The molecule has 2 N–H and O–H groups in total. The van der Waals surface area contributed by atoms with Crippen molar-refractivity contribution in [2.75, 3.05) is 53.5 Å². The summed E-state index contributed by atoms with van der Waals surface area (Å²) in [5.41, 5.74) is 1.73. The lowest BCUT2D eigenvalue weighted by molar-refractivity contribution is 0.121. The fourth-order valence-electron chi connectivity index (χ4n) is 4.76. The third kappa shape index (κ3) is 5.71. The van der Waals surface area contributed by atoms with E-state index in [2.05, 4.69) is 50.9 Å². The number of benzene rings is 1. The van der Waals surface area contributed by atoms with Crippen molar-refractivity contribution in [2.45, 2.75) is 43.9 Å². The summed E-state index contributed by atoms with van der Waals surface area (Å²) in [5.74, 6) is 1.68. The second kappa shape index (κ2) is 10.8. The Labute approximate surface area is 170 Å². The molecule has 1 aromatic rings. The molecule has 2 fully saturated rings. The van der Waals surface area contributed by atoms with E-state index < -0.39 is 0 Å². The van der Waals surface area contributed by atoms with Gasteiger partial charge in [0, 0.05) is 39.2 Å². The van der Waals surface area contributed by atoms with Crippen molar-refractivity contribution in [1.82, 2.24) is 15.5 Å². The van der Waals surface area contributed by atoms with Crippen LogP contribution in [0.25, 0.3) is 0 Å². The van der Waals surface area contributed by atoms with E-state index in [4.69, 9.17) is 4.74 Å². The molecule has 0 atom stereocenters. The normalized spacial score (nSPS) is 21.0. The average Bonchev–Trinajstić information content (AvgIpc) is 3.24. The SMILES string of the molecule is CN=C(NCC1CCN(CCOC)CC1)NCC1(c2ccccc2)CCCC1. The van der Waals surface area contributed by atoms with Crippen molar-refractivity contribution >= 4 is 5.96 Å². The number of piperidine rings is 1. The lowest BCUT2D eigenvalue weighted by Crippen LogP contribution is -2.47. The Morgan fingerprint density at radius 1 is 1.14 bits per heavy atom. The van der Waals surface area contributed by atoms with Gasteiger partial charge in [-0.05, 0) is 50.3 Å². The number of methoxy groups -OCH3 is 1. The van der Waals surface area contributed by atoms with Crippen LogP contribution in [-0.2, 0) is 10.2 Å². The first-order chi connectivity index (χ1) is 13.8. The number of aliphatic imine (C=N–C) groups is 1. The van der Waals surface area contributed by atoms with Crippen LogP contribution in [0.15, 0.2) is 35.3 Å². The van der Waals surface area contributed by atoms with Crippen LogP contribution in [0.4, 0.5) is 0 Å². The zero-order valence-electron chi connectivity index (χ0n) is 17.8. The lowest BCUT2D eigenvalue weighted by Gasteiger charge is -2.33. The Balaban J connectivity index is 1.45. The van der Waals surface area contributed by atoms with E-state index in [1.807, 2.05) is 7.05 Å². The van der Waals surface area contributed by atoms with Crippen molar-refractivity contribution in [2.24, 2.45) is 10.9 Å². The van der Waals surface area contributed by atoms with Gasteiger partial charge in [-0.3, -0.25) is 4.99 Å². The third-order valence-electron chi connectivity index (χ3n) is 6.64. The van der Waals surface area contributed by atoms with E-state index in [1.54, 1.807) is 7.11 Å². The Hall–Kier alpha value is -1.59. The largest absolute Gasteiger partial charge is 0.383 e. The zero-order chi connectivity index (χ0) is 19.7. The van der Waals surface area contributed by atoms with E-state index in [0.29, 0.717) is 0 Å². The predicted molar refractivity (Wildman–Crippen MR) is 117 cm³/mol. The smallest absolute Gasteiger partial charge is 0.191 e. The third-order valence-corrected chi connectivity index (χ3v) is 6.64. The maximum Gasteiger partial charge on any atom is 0.191 e. The van der Waals surface area contributed by atoms with Crippen molar-refractivity contribution in [3.8, 4) is 0 Å². The number of rotatable bonds is 8. The van der Waals surface area contributed by atoms with Crippen LogP contribution in [0.5, 0.6) is 0 Å². The molecule has 0 unspecified atom stereocenters. The summed E-state index contributed by atoms with van der Waals surface area (Å²) < 4.78 is 5.20. The van der Waals surface area contributed by atoms with E-state index in [-0.39, 0.29) is 5.41 Å². The molecule has 5 nitrogen and oxygen atoms in total. The van der Waals surface area contributed by atoms with E-state index in [9.17, 15) is 0 Å². The molecule has 1 saturated carbocycles. The summed E-state index contributed by atoms with van der Waals surface area (Å²) >= 11 is 0. The molecule has 1 heterocycles. The average molecular weight is 387 g/mol. The molecular weight excluding hydrogens is 348 g/mol. The maximum absolute atomic E-state index is 5.20. The summed E-state index contributed by atoms with van der Waals surface area (Å²) in [4.78, 5) is 6.99. The van der Waals surface area contributed by atoms with Gasteiger partial charge >= 0.3 is 0 Å². The van der Waals surface area contributed by atoms with Gasteiger partial charge in [-0.2, -0.15) is 0 Å². The molecule has 0 aromatic heterocycles. The van der Waals surface area contributed by atoms with Gasteiger partial charge < -0.3 is 20.3 Å². The van der Waals surface area contributed by atoms with Gasteiger partial charge in [0.1, 0.15) is 0 Å². The molecule has 5 heteroatoms. The second-order valence-electron chi connectivity index (χ2n) is 8.44. The fourth-order valence-corrected chi connectivity index (χ4v) is 4.76. The summed E-state index contributed by atoms with van der Waals surface area (Å²) in [6.45, 7) is 6.23. The van der Waals surface area contributed by atoms with Gasteiger partial charge in [0.05, 0.1) is 6.61 Å². The highest BCUT2D eigenvalue weighted by molar-refractivity contribution is 5.79. The second-order valence-corrected chi connectivity index (χ2v) is 8.44. The van der Waals surface area contributed by atoms with Gasteiger partial charge in [0.2, 0.25) is 0 Å². The van der Waals surface area contributed by atoms with Crippen molar-refractivity contribution in [3.05, 3.63) is 35.9 Å². The Morgan fingerprint density at radius 3 is 2.50 bits per heavy atom. The molecule has 2 aliphatic rings. The maximum atomic E-state index is 5.20. The highest BCUT2D eigenvalue weighted by Gasteiger charge is 2.35. The van der Waals surface area contributed by atoms with Gasteiger partial charge in [-0.1, -0.05) is 43.2 Å². The van der Waals surface area contributed by atoms with Gasteiger partial charge in [-0.25, -0.2) is 0 Å². The van der Waals surface area contributed by atoms with Crippen LogP contribution in [0.3, 0.4) is 0 Å². The highest BCUT2D eigenvalue weighted by atomic mass is 16.5. The minimum absolute atomic E-state index is 0.256. The molecule has 0 amide bonds. The Kier molecular flexibility index (Phi) is 8.16. The van der Waals surface area contributed by atoms with Crippen molar-refractivity contribution in [3.63, 3.8) is 0 Å². The first kappa shape index (κ1) is 21.1. The fraction of sp³-hybridized carbons (Fsp3) is 0.696. The number of likely N-dealkylation sites (tertiary alicyclic amines) is 1. The summed E-state index contributed by atoms with van der Waals surface area (Å²) in [6, 6.07) is 11.0. The topological polar surface area (TPSA) is 48.9 Å². The number of ether oxygens (including phenoxy) is 1. The van der Waals surface area contributed by atoms with Gasteiger partial charge in [0.25, 0.3) is 0 Å². The Bertz CT molecular complexity index is 590. The van der Waals surface area contributed by atoms with Crippen LogP contribution in [0, 0.1) is 5.92 Å². The van der Waals surface area contributed by atoms with E-state index in [1.165, 1.54) is 57.2 Å². The quantitative estimate of drug-likeness (QED) is 0.533. The number of hydrogen-bond donors (Lipinski definition) is 2. The van der Waals surface area contributed by atoms with Crippen molar-refractivity contribution in [1.29, 1.82) is 0 Å². The predicted octanol–water partition coefficient (Wildman–Crippen LogP) is 3.02. The lowest BCUT2D eigenvalue weighted by atomic mass is 9.79. The number of hydrogen-bond acceptors (Lipinski definition) is 3. The van der Waals surface area contributed by atoms with E-state index in [0.717, 1.165) is 38.1 Å². The minimum atomic E-state index is 0.256. The molecule has 3 rings (SSSR count). The van der Waals surface area contributed by atoms with Gasteiger partial charge in [0.15, 0.2) is 5.96 Å². The highest BCUT2D eigenvalue weighted by Crippen LogP contribution is 2.40. The number of nitrogens with one attached hydrogen (secondary N) is 2. The van der Waals surface area contributed by atoms with Crippen LogP contribution < -0.4 is 10.6 Å². The minimum Gasteiger partial charge on any atom is -0.383 e. The molecule has 0 spiro atoms. The first-order valence-electron chi connectivity index (χ1n) is 11.0. The van der Waals surface area contributed by atoms with Crippen LogP contribution in [0.2, 0.25) is 0 Å². The van der Waals surface area contributed by atoms with Gasteiger partial charge in [-0.15, -0.1) is 0 Å². The molecule has 0 bridgehead atoms. The number of guanidine groups is 1. The van der Waals surface area contributed by atoms with Crippen LogP contribution in [-0.4, -0.2) is 64.3 Å². The molecule has 0 radical (unpaired) electrons. The van der Waals surface area contributed by atoms with Crippen LogP contribution in [0.1, 0.15) is 44.1 Å². The summed E-state index contributed by atoms with van der Waals surface area (Å²) in [7, 11) is 3.66.